The van der Waals surface area contributed by atoms with Crippen LogP contribution in [-0.2, 0) is 6.18 Å². The molecule has 9 heteroatoms. The molecule has 0 saturated heterocycles. The Morgan fingerprint density at radius 3 is 2.67 bits per heavy atom. The topological polar surface area (TPSA) is 60.7 Å². The maximum Gasteiger partial charge on any atom is 0.453 e. The van der Waals surface area contributed by atoms with Crippen molar-refractivity contribution in [1.82, 2.24) is 20.2 Å². The number of aromatic nitrogens is 4. The zero-order valence-corrected chi connectivity index (χ0v) is 9.48. The van der Waals surface area contributed by atoms with Gasteiger partial charge in [-0.3, -0.25) is 4.79 Å². The van der Waals surface area contributed by atoms with Gasteiger partial charge in [0, 0.05) is 10.5 Å². The molecule has 0 atom stereocenters. The van der Waals surface area contributed by atoms with Crippen molar-refractivity contribution in [2.75, 3.05) is 0 Å². The molecule has 0 spiro atoms. The first-order chi connectivity index (χ1) is 8.43. The molecule has 2 aromatic rings. The molecule has 0 amide bonds. The van der Waals surface area contributed by atoms with E-state index in [1.54, 1.807) is 0 Å². The normalized spacial score (nSPS) is 11.6. The summed E-state index contributed by atoms with van der Waals surface area (Å²) in [5.41, 5.74) is 0.187. The molecule has 0 N–H and O–H groups in total. The third kappa shape index (κ3) is 2.21. The van der Waals surface area contributed by atoms with Gasteiger partial charge in [0.1, 0.15) is 0 Å². The maximum atomic E-state index is 12.6. The average Bonchev–Trinajstić information content (AvgIpc) is 2.78. The second kappa shape index (κ2) is 4.41. The van der Waals surface area contributed by atoms with Crippen LogP contribution in [0.25, 0.3) is 5.69 Å². The Kier molecular flexibility index (Phi) is 3.07. The zero-order valence-electron chi connectivity index (χ0n) is 8.59. The first-order valence-electron chi connectivity index (χ1n) is 4.57. The van der Waals surface area contributed by atoms with E-state index in [0.717, 1.165) is 0 Å². The molecule has 94 valence electrons. The molecule has 1 heterocycles. The smallest absolute Gasteiger partial charge is 0.298 e. The standard InChI is InChI=1S/C9H5F3N4OS/c10-9(11,12)8-13-14-15-16(8)6-1-2-7(18)5(3-6)4-17/h1-4,18H. The molecule has 0 unspecified atom stereocenters. The second-order valence-corrected chi connectivity index (χ2v) is 3.75. The number of benzene rings is 1. The molecule has 0 aliphatic heterocycles. The lowest BCUT2D eigenvalue weighted by molar-refractivity contribution is -0.146. The summed E-state index contributed by atoms with van der Waals surface area (Å²) in [4.78, 5) is 11.1. The summed E-state index contributed by atoms with van der Waals surface area (Å²) in [7, 11) is 0. The SMILES string of the molecule is O=Cc1cc(-n2nnnc2C(F)(F)F)ccc1S. The highest BCUT2D eigenvalue weighted by atomic mass is 32.1. The lowest BCUT2D eigenvalue weighted by atomic mass is 10.2. The number of rotatable bonds is 2. The van der Waals surface area contributed by atoms with Crippen molar-refractivity contribution in [3.63, 3.8) is 0 Å². The fraction of sp³-hybridized carbons (Fsp3) is 0.111. The minimum Gasteiger partial charge on any atom is -0.298 e. The number of nitrogens with zero attached hydrogens (tertiary/aromatic N) is 4. The predicted octanol–water partition coefficient (Wildman–Crippen LogP) is 1.78. The first-order valence-corrected chi connectivity index (χ1v) is 5.02. The van der Waals surface area contributed by atoms with Crippen LogP contribution in [-0.4, -0.2) is 26.5 Å². The average molecular weight is 274 g/mol. The van der Waals surface area contributed by atoms with Gasteiger partial charge in [0.15, 0.2) is 6.29 Å². The molecular formula is C9H5F3N4OS. The largest absolute Gasteiger partial charge is 0.453 e. The van der Waals surface area contributed by atoms with E-state index in [1.807, 2.05) is 0 Å². The van der Waals surface area contributed by atoms with Gasteiger partial charge in [0.25, 0.3) is 5.82 Å². The van der Waals surface area contributed by atoms with Gasteiger partial charge in [-0.05, 0) is 28.6 Å². The van der Waals surface area contributed by atoms with Crippen molar-refractivity contribution < 1.29 is 18.0 Å². The molecular weight excluding hydrogens is 269 g/mol. The quantitative estimate of drug-likeness (QED) is 0.670. The molecule has 1 aromatic carbocycles. The maximum absolute atomic E-state index is 12.6. The summed E-state index contributed by atoms with van der Waals surface area (Å²) >= 11 is 3.99. The van der Waals surface area contributed by atoms with Gasteiger partial charge in [-0.15, -0.1) is 17.7 Å². The summed E-state index contributed by atoms with van der Waals surface area (Å²) < 4.78 is 38.3. The van der Waals surface area contributed by atoms with E-state index in [1.165, 1.54) is 18.2 Å². The number of hydrogen-bond donors (Lipinski definition) is 1. The van der Waals surface area contributed by atoms with Crippen molar-refractivity contribution in [1.29, 1.82) is 0 Å². The van der Waals surface area contributed by atoms with Crippen LogP contribution in [0.4, 0.5) is 13.2 Å². The van der Waals surface area contributed by atoms with E-state index in [4.69, 9.17) is 0 Å². The van der Waals surface area contributed by atoms with Crippen LogP contribution in [0.3, 0.4) is 0 Å². The van der Waals surface area contributed by atoms with Crippen molar-refractivity contribution in [2.45, 2.75) is 11.1 Å². The number of halogens is 3. The van der Waals surface area contributed by atoms with Crippen LogP contribution in [0.5, 0.6) is 0 Å². The van der Waals surface area contributed by atoms with Gasteiger partial charge < -0.3 is 0 Å². The van der Waals surface area contributed by atoms with Gasteiger partial charge >= 0.3 is 6.18 Å². The minimum atomic E-state index is -4.68. The zero-order chi connectivity index (χ0) is 13.3. The van der Waals surface area contributed by atoms with Crippen molar-refractivity contribution in [3.05, 3.63) is 29.6 Å². The monoisotopic (exact) mass is 274 g/mol. The van der Waals surface area contributed by atoms with Gasteiger partial charge in [-0.1, -0.05) is 0 Å². The van der Waals surface area contributed by atoms with E-state index in [0.29, 0.717) is 15.9 Å². The molecule has 2 rings (SSSR count). The third-order valence-corrected chi connectivity index (χ3v) is 2.51. The summed E-state index contributed by atoms with van der Waals surface area (Å²) in [6.45, 7) is 0. The Morgan fingerprint density at radius 2 is 2.06 bits per heavy atom. The van der Waals surface area contributed by atoms with Crippen LogP contribution < -0.4 is 0 Å². The lowest BCUT2D eigenvalue weighted by Gasteiger charge is -2.08. The van der Waals surface area contributed by atoms with Gasteiger partial charge in [0.05, 0.1) is 5.69 Å². The summed E-state index contributed by atoms with van der Waals surface area (Å²) in [6, 6.07) is 3.95. The first kappa shape index (κ1) is 12.6. The fourth-order valence-corrected chi connectivity index (χ4v) is 1.50. The van der Waals surface area contributed by atoms with E-state index in [-0.39, 0.29) is 11.3 Å². The van der Waals surface area contributed by atoms with Crippen molar-refractivity contribution in [3.8, 4) is 5.69 Å². The van der Waals surface area contributed by atoms with E-state index >= 15 is 0 Å². The number of tetrazole rings is 1. The fourth-order valence-electron chi connectivity index (χ4n) is 1.31. The summed E-state index contributed by atoms with van der Waals surface area (Å²) in [5.74, 6) is -1.26. The predicted molar refractivity (Wildman–Crippen MR) is 56.8 cm³/mol. The number of alkyl halides is 3. The molecule has 0 saturated carbocycles. The van der Waals surface area contributed by atoms with Crippen LogP contribution in [0, 0.1) is 0 Å². The highest BCUT2D eigenvalue weighted by Gasteiger charge is 2.38. The van der Waals surface area contributed by atoms with Crippen molar-refractivity contribution >= 4 is 18.9 Å². The molecule has 0 aliphatic rings. The second-order valence-electron chi connectivity index (χ2n) is 3.27. The van der Waals surface area contributed by atoms with E-state index < -0.39 is 12.0 Å². The van der Waals surface area contributed by atoms with Crippen LogP contribution in [0.15, 0.2) is 23.1 Å². The molecule has 0 fully saturated rings. The number of hydrogen-bond acceptors (Lipinski definition) is 5. The number of aldehydes is 1. The van der Waals surface area contributed by atoms with Crippen LogP contribution >= 0.6 is 12.6 Å². The molecule has 0 radical (unpaired) electrons. The molecule has 5 nitrogen and oxygen atoms in total. The Labute approximate surface area is 104 Å². The van der Waals surface area contributed by atoms with Gasteiger partial charge in [-0.2, -0.15) is 17.9 Å². The van der Waals surface area contributed by atoms with Crippen LogP contribution in [0.2, 0.25) is 0 Å². The summed E-state index contributed by atoms with van der Waals surface area (Å²) in [6.07, 6.45) is -4.19. The molecule has 1 aromatic heterocycles. The van der Waals surface area contributed by atoms with Gasteiger partial charge in [-0.25, -0.2) is 0 Å². The van der Waals surface area contributed by atoms with E-state index in [9.17, 15) is 18.0 Å². The Balaban J connectivity index is 2.56. The number of carbonyl (C=O) groups is 1. The highest BCUT2D eigenvalue weighted by Crippen LogP contribution is 2.28. The highest BCUT2D eigenvalue weighted by molar-refractivity contribution is 7.80. The Bertz CT molecular complexity index is 596. The molecule has 18 heavy (non-hydrogen) atoms. The van der Waals surface area contributed by atoms with E-state index in [2.05, 4.69) is 28.2 Å². The van der Waals surface area contributed by atoms with Crippen molar-refractivity contribution in [2.24, 2.45) is 0 Å². The number of thiol groups is 1. The third-order valence-electron chi connectivity index (χ3n) is 2.11. The van der Waals surface area contributed by atoms with Gasteiger partial charge in [0.2, 0.25) is 0 Å². The number of carbonyl (C=O) groups excluding carboxylic acids is 1. The minimum absolute atomic E-state index is 0.0345. The van der Waals surface area contributed by atoms with Crippen LogP contribution in [0.1, 0.15) is 16.2 Å². The molecule has 0 aliphatic carbocycles. The lowest BCUT2D eigenvalue weighted by Crippen LogP contribution is -2.14. The Hall–Kier alpha value is -1.90. The summed E-state index contributed by atoms with van der Waals surface area (Å²) in [5, 5.41) is 9.14. The Morgan fingerprint density at radius 1 is 1.33 bits per heavy atom. The molecule has 0 bridgehead atoms.